The van der Waals surface area contributed by atoms with Gasteiger partial charge < -0.3 is 5.73 Å². The Bertz CT molecular complexity index is 389. The predicted molar refractivity (Wildman–Crippen MR) is 44.9 cm³/mol. The van der Waals surface area contributed by atoms with Crippen molar-refractivity contribution in [1.82, 2.24) is 9.97 Å². The molecule has 0 spiro atoms. The Labute approximate surface area is 83.3 Å². The monoisotopic (exact) mass is 219 g/mol. The molecule has 0 aliphatic carbocycles. The van der Waals surface area contributed by atoms with Crippen LogP contribution in [0.2, 0.25) is 0 Å². The number of hydrogen-bond donors (Lipinski definition) is 1. The summed E-state index contributed by atoms with van der Waals surface area (Å²) in [5, 5.41) is 0. The summed E-state index contributed by atoms with van der Waals surface area (Å²) in [6.45, 7) is 1.62. The second-order valence-electron chi connectivity index (χ2n) is 2.78. The van der Waals surface area contributed by atoms with Gasteiger partial charge in [-0.3, -0.25) is 4.79 Å². The number of aryl methyl sites for hydroxylation is 1. The summed E-state index contributed by atoms with van der Waals surface area (Å²) in [5.74, 6) is -2.34. The number of carbonyl (C=O) groups is 1. The second kappa shape index (κ2) is 3.84. The van der Waals surface area contributed by atoms with Gasteiger partial charge in [0, 0.05) is 5.69 Å². The smallest absolute Gasteiger partial charge is 0.364 e. The van der Waals surface area contributed by atoms with E-state index in [1.165, 1.54) is 0 Å². The molecule has 0 atom stereocenters. The van der Waals surface area contributed by atoms with Gasteiger partial charge in [-0.15, -0.1) is 0 Å². The lowest BCUT2D eigenvalue weighted by Crippen LogP contribution is -2.19. The van der Waals surface area contributed by atoms with Crippen molar-refractivity contribution in [2.45, 2.75) is 19.5 Å². The highest BCUT2D eigenvalue weighted by atomic mass is 19.4. The van der Waals surface area contributed by atoms with Gasteiger partial charge in [-0.2, -0.15) is 13.2 Å². The molecule has 0 saturated heterocycles. The largest absolute Gasteiger partial charge is 0.451 e. The minimum atomic E-state index is -4.67. The first kappa shape index (κ1) is 11.4. The Morgan fingerprint density at radius 1 is 1.47 bits per heavy atom. The van der Waals surface area contributed by atoms with Crippen LogP contribution in [0.4, 0.5) is 13.2 Å². The van der Waals surface area contributed by atoms with E-state index in [9.17, 15) is 18.0 Å². The molecular formula is C8H8F3N3O. The van der Waals surface area contributed by atoms with Crippen LogP contribution in [0.25, 0.3) is 0 Å². The average Bonchev–Trinajstić information content (AvgIpc) is 2.15. The second-order valence-corrected chi connectivity index (χ2v) is 2.78. The standard InChI is InChI=1S/C8H8F3N3O/c1-2-4-3-5(6(12)15)14-7(13-4)8(9,10)11/h3H,2H2,1H3,(H2,12,15). The van der Waals surface area contributed by atoms with E-state index in [0.29, 0.717) is 0 Å². The van der Waals surface area contributed by atoms with Gasteiger partial charge in [0.15, 0.2) is 0 Å². The molecule has 0 bridgehead atoms. The van der Waals surface area contributed by atoms with E-state index in [-0.39, 0.29) is 12.1 Å². The molecule has 0 fully saturated rings. The Morgan fingerprint density at radius 3 is 2.47 bits per heavy atom. The highest BCUT2D eigenvalue weighted by molar-refractivity contribution is 5.90. The summed E-state index contributed by atoms with van der Waals surface area (Å²) in [6.07, 6.45) is -4.40. The molecule has 0 aromatic carbocycles. The summed E-state index contributed by atoms with van der Waals surface area (Å²) in [5.41, 5.74) is 4.56. The Kier molecular flexibility index (Phi) is 2.92. The first-order chi connectivity index (χ1) is 6.84. The quantitative estimate of drug-likeness (QED) is 0.811. The molecular weight excluding hydrogens is 211 g/mol. The molecule has 2 N–H and O–H groups in total. The Hall–Kier alpha value is -1.66. The fourth-order valence-electron chi connectivity index (χ4n) is 0.932. The molecule has 1 heterocycles. The van der Waals surface area contributed by atoms with Crippen LogP contribution in [0.3, 0.4) is 0 Å². The van der Waals surface area contributed by atoms with E-state index < -0.39 is 23.6 Å². The van der Waals surface area contributed by atoms with E-state index in [4.69, 9.17) is 5.73 Å². The number of halogens is 3. The van der Waals surface area contributed by atoms with Crippen molar-refractivity contribution in [3.63, 3.8) is 0 Å². The van der Waals surface area contributed by atoms with Crippen molar-refractivity contribution in [1.29, 1.82) is 0 Å². The zero-order valence-corrected chi connectivity index (χ0v) is 7.80. The zero-order chi connectivity index (χ0) is 11.6. The Morgan fingerprint density at radius 2 is 2.07 bits per heavy atom. The first-order valence-electron chi connectivity index (χ1n) is 4.09. The molecule has 1 aromatic heterocycles. The van der Waals surface area contributed by atoms with Crippen LogP contribution in [0.5, 0.6) is 0 Å². The van der Waals surface area contributed by atoms with E-state index in [2.05, 4.69) is 9.97 Å². The topological polar surface area (TPSA) is 68.9 Å². The van der Waals surface area contributed by atoms with Gasteiger partial charge in [0.25, 0.3) is 5.91 Å². The maximum absolute atomic E-state index is 12.3. The van der Waals surface area contributed by atoms with Crippen molar-refractivity contribution in [3.05, 3.63) is 23.3 Å². The number of rotatable bonds is 2. The van der Waals surface area contributed by atoms with Crippen LogP contribution in [0.1, 0.15) is 28.9 Å². The molecule has 0 saturated carbocycles. The molecule has 4 nitrogen and oxygen atoms in total. The summed E-state index contributed by atoms with van der Waals surface area (Å²) in [4.78, 5) is 17.0. The van der Waals surface area contributed by atoms with Crippen molar-refractivity contribution in [2.75, 3.05) is 0 Å². The number of nitrogens with two attached hydrogens (primary N) is 1. The van der Waals surface area contributed by atoms with Gasteiger partial charge in [-0.1, -0.05) is 6.92 Å². The van der Waals surface area contributed by atoms with Crippen molar-refractivity contribution in [2.24, 2.45) is 5.73 Å². The van der Waals surface area contributed by atoms with Crippen LogP contribution in [-0.2, 0) is 12.6 Å². The highest BCUT2D eigenvalue weighted by Gasteiger charge is 2.35. The normalized spacial score (nSPS) is 11.5. The molecule has 1 rings (SSSR count). The first-order valence-corrected chi connectivity index (χ1v) is 4.09. The number of amides is 1. The van der Waals surface area contributed by atoms with Crippen LogP contribution in [-0.4, -0.2) is 15.9 Å². The minimum Gasteiger partial charge on any atom is -0.364 e. The SMILES string of the molecule is CCc1cc(C(N)=O)nc(C(F)(F)F)n1. The fraction of sp³-hybridized carbons (Fsp3) is 0.375. The van der Waals surface area contributed by atoms with Crippen molar-refractivity contribution >= 4 is 5.91 Å². The summed E-state index contributed by atoms with van der Waals surface area (Å²) < 4.78 is 36.8. The molecule has 7 heteroatoms. The number of aromatic nitrogens is 2. The number of primary amides is 1. The van der Waals surface area contributed by atoms with Crippen LogP contribution in [0.15, 0.2) is 6.07 Å². The van der Waals surface area contributed by atoms with E-state index >= 15 is 0 Å². The lowest BCUT2D eigenvalue weighted by atomic mass is 10.2. The van der Waals surface area contributed by atoms with Gasteiger partial charge in [0.1, 0.15) is 5.69 Å². The third kappa shape index (κ3) is 2.64. The van der Waals surface area contributed by atoms with Gasteiger partial charge >= 0.3 is 6.18 Å². The summed E-state index contributed by atoms with van der Waals surface area (Å²) in [7, 11) is 0. The molecule has 0 unspecified atom stereocenters. The lowest BCUT2D eigenvalue weighted by Gasteiger charge is -2.07. The third-order valence-electron chi connectivity index (χ3n) is 1.65. The van der Waals surface area contributed by atoms with Crippen molar-refractivity contribution < 1.29 is 18.0 Å². The highest BCUT2D eigenvalue weighted by Crippen LogP contribution is 2.26. The van der Waals surface area contributed by atoms with E-state index in [0.717, 1.165) is 6.07 Å². The summed E-state index contributed by atoms with van der Waals surface area (Å²) >= 11 is 0. The summed E-state index contributed by atoms with van der Waals surface area (Å²) in [6, 6.07) is 1.15. The van der Waals surface area contributed by atoms with Crippen LogP contribution >= 0.6 is 0 Å². The number of alkyl halides is 3. The molecule has 1 aromatic rings. The average molecular weight is 219 g/mol. The molecule has 0 aliphatic heterocycles. The number of hydrogen-bond acceptors (Lipinski definition) is 3. The van der Waals surface area contributed by atoms with E-state index in [1.807, 2.05) is 0 Å². The predicted octanol–water partition coefficient (Wildman–Crippen LogP) is 1.16. The molecule has 0 aliphatic rings. The molecule has 0 radical (unpaired) electrons. The van der Waals surface area contributed by atoms with Gasteiger partial charge in [0.05, 0.1) is 0 Å². The lowest BCUT2D eigenvalue weighted by molar-refractivity contribution is -0.145. The van der Waals surface area contributed by atoms with Crippen LogP contribution in [0, 0.1) is 0 Å². The number of carbonyl (C=O) groups excluding carboxylic acids is 1. The molecule has 1 amide bonds. The maximum Gasteiger partial charge on any atom is 0.451 e. The maximum atomic E-state index is 12.3. The van der Waals surface area contributed by atoms with Gasteiger partial charge in [-0.25, -0.2) is 9.97 Å². The number of nitrogens with zero attached hydrogens (tertiary/aromatic N) is 2. The minimum absolute atomic E-state index is 0.131. The fourth-order valence-corrected chi connectivity index (χ4v) is 0.932. The van der Waals surface area contributed by atoms with Gasteiger partial charge in [-0.05, 0) is 12.5 Å². The zero-order valence-electron chi connectivity index (χ0n) is 7.80. The third-order valence-corrected chi connectivity index (χ3v) is 1.65. The van der Waals surface area contributed by atoms with Gasteiger partial charge in [0.2, 0.25) is 5.82 Å². The molecule has 82 valence electrons. The van der Waals surface area contributed by atoms with Crippen molar-refractivity contribution in [3.8, 4) is 0 Å². The van der Waals surface area contributed by atoms with E-state index in [1.54, 1.807) is 6.92 Å². The molecule has 15 heavy (non-hydrogen) atoms. The van der Waals surface area contributed by atoms with Crippen LogP contribution < -0.4 is 5.73 Å². The Balaban J connectivity index is 3.30.